The van der Waals surface area contributed by atoms with Gasteiger partial charge in [-0.3, -0.25) is 0 Å². The number of nitrogens with two attached hydrogens (primary N) is 1. The Morgan fingerprint density at radius 1 is 1.25 bits per heavy atom. The predicted octanol–water partition coefficient (Wildman–Crippen LogP) is 3.48. The summed E-state index contributed by atoms with van der Waals surface area (Å²) in [6.45, 7) is 6.72. The second-order valence-electron chi connectivity index (χ2n) is 5.85. The van der Waals surface area contributed by atoms with Crippen LogP contribution in [0, 0.1) is 5.92 Å². The van der Waals surface area contributed by atoms with Gasteiger partial charge in [0.15, 0.2) is 0 Å². The van der Waals surface area contributed by atoms with Crippen LogP contribution < -0.4 is 5.73 Å². The number of hydrogen-bond acceptors (Lipinski definition) is 1. The van der Waals surface area contributed by atoms with E-state index in [-0.39, 0.29) is 11.0 Å². The van der Waals surface area contributed by atoms with Gasteiger partial charge in [-0.25, -0.2) is 0 Å². The van der Waals surface area contributed by atoms with E-state index in [0.29, 0.717) is 5.92 Å². The molecule has 1 aliphatic rings. The molecule has 1 aromatic carbocycles. The lowest BCUT2D eigenvalue weighted by atomic mass is 9.62. The predicted molar refractivity (Wildman–Crippen MR) is 69.4 cm³/mol. The van der Waals surface area contributed by atoms with Gasteiger partial charge in [0, 0.05) is 11.0 Å². The monoisotopic (exact) mass is 217 g/mol. The molecule has 0 amide bonds. The van der Waals surface area contributed by atoms with Crippen LogP contribution in [-0.4, -0.2) is 5.54 Å². The summed E-state index contributed by atoms with van der Waals surface area (Å²) in [5, 5.41) is 0. The highest BCUT2D eigenvalue weighted by Crippen LogP contribution is 2.51. The lowest BCUT2D eigenvalue weighted by molar-refractivity contribution is 0.201. The van der Waals surface area contributed by atoms with E-state index in [1.54, 1.807) is 0 Å². The van der Waals surface area contributed by atoms with E-state index < -0.39 is 0 Å². The molecule has 1 nitrogen and oxygen atoms in total. The summed E-state index contributed by atoms with van der Waals surface area (Å²) in [6, 6.07) is 10.8. The van der Waals surface area contributed by atoms with Gasteiger partial charge in [-0.2, -0.15) is 0 Å². The van der Waals surface area contributed by atoms with Crippen molar-refractivity contribution in [1.29, 1.82) is 0 Å². The molecule has 2 unspecified atom stereocenters. The summed E-state index contributed by atoms with van der Waals surface area (Å²) in [4.78, 5) is 0. The lowest BCUT2D eigenvalue weighted by Crippen LogP contribution is -2.55. The van der Waals surface area contributed by atoms with Gasteiger partial charge in [0.2, 0.25) is 0 Å². The number of hydrogen-bond donors (Lipinski definition) is 1. The molecule has 0 bridgehead atoms. The molecule has 0 spiro atoms. The molecule has 0 aliphatic heterocycles. The van der Waals surface area contributed by atoms with Crippen LogP contribution >= 0.6 is 0 Å². The van der Waals surface area contributed by atoms with Crippen LogP contribution in [0.15, 0.2) is 30.3 Å². The summed E-state index contributed by atoms with van der Waals surface area (Å²) in [5.41, 5.74) is 7.93. The van der Waals surface area contributed by atoms with Crippen LogP contribution in [0.3, 0.4) is 0 Å². The molecule has 1 fully saturated rings. The van der Waals surface area contributed by atoms with Crippen LogP contribution in [0.5, 0.6) is 0 Å². The van der Waals surface area contributed by atoms with Crippen molar-refractivity contribution in [3.8, 4) is 0 Å². The quantitative estimate of drug-likeness (QED) is 0.806. The Bertz CT molecular complexity index is 349. The van der Waals surface area contributed by atoms with E-state index in [1.807, 2.05) is 0 Å². The molecule has 88 valence electrons. The third-order valence-electron chi connectivity index (χ3n) is 4.49. The molecule has 0 saturated heterocycles. The molecule has 2 rings (SSSR count). The van der Waals surface area contributed by atoms with Gasteiger partial charge in [-0.05, 0) is 38.2 Å². The van der Waals surface area contributed by atoms with Crippen molar-refractivity contribution < 1.29 is 0 Å². The highest BCUT2D eigenvalue weighted by molar-refractivity contribution is 5.32. The fourth-order valence-electron chi connectivity index (χ4n) is 3.67. The molecule has 2 atom stereocenters. The molecule has 1 aromatic rings. The Kier molecular flexibility index (Phi) is 2.83. The first-order valence-electron chi connectivity index (χ1n) is 6.33. The molecule has 16 heavy (non-hydrogen) atoms. The van der Waals surface area contributed by atoms with Crippen LogP contribution in [0.25, 0.3) is 0 Å². The Labute approximate surface area is 99.0 Å². The fraction of sp³-hybridized carbons (Fsp3) is 0.600. The Morgan fingerprint density at radius 3 is 2.31 bits per heavy atom. The Morgan fingerprint density at radius 2 is 1.88 bits per heavy atom. The largest absolute Gasteiger partial charge is 0.325 e. The summed E-state index contributed by atoms with van der Waals surface area (Å²) in [6.07, 6.45) is 3.83. The zero-order valence-corrected chi connectivity index (χ0v) is 10.7. The average Bonchev–Trinajstić information content (AvgIpc) is 2.61. The minimum absolute atomic E-state index is 0.149. The first-order valence-corrected chi connectivity index (χ1v) is 6.33. The van der Waals surface area contributed by atoms with Gasteiger partial charge >= 0.3 is 0 Å². The van der Waals surface area contributed by atoms with E-state index >= 15 is 0 Å². The Hall–Kier alpha value is -0.820. The smallest absolute Gasteiger partial charge is 0.0197 e. The van der Waals surface area contributed by atoms with Gasteiger partial charge in [-0.1, -0.05) is 43.7 Å². The maximum atomic E-state index is 6.50. The minimum Gasteiger partial charge on any atom is -0.325 e. The summed E-state index contributed by atoms with van der Waals surface area (Å²) < 4.78 is 0. The Balaban J connectivity index is 2.52. The van der Waals surface area contributed by atoms with Crippen molar-refractivity contribution in [2.45, 2.75) is 51.0 Å². The van der Waals surface area contributed by atoms with Crippen LogP contribution in [0.4, 0.5) is 0 Å². The summed E-state index contributed by atoms with van der Waals surface area (Å²) in [5.74, 6) is 0.676. The van der Waals surface area contributed by atoms with E-state index in [9.17, 15) is 0 Å². The molecular formula is C15H23N. The minimum atomic E-state index is -0.149. The van der Waals surface area contributed by atoms with Crippen molar-refractivity contribution >= 4 is 0 Å². The van der Waals surface area contributed by atoms with Gasteiger partial charge in [0.25, 0.3) is 0 Å². The van der Waals surface area contributed by atoms with Crippen LogP contribution in [0.1, 0.15) is 45.6 Å². The summed E-state index contributed by atoms with van der Waals surface area (Å²) in [7, 11) is 0. The number of benzene rings is 1. The maximum absolute atomic E-state index is 6.50. The second kappa shape index (κ2) is 3.89. The van der Waals surface area contributed by atoms with Gasteiger partial charge < -0.3 is 5.73 Å². The van der Waals surface area contributed by atoms with Crippen molar-refractivity contribution in [3.63, 3.8) is 0 Å². The molecule has 1 heteroatoms. The van der Waals surface area contributed by atoms with Gasteiger partial charge in [-0.15, -0.1) is 0 Å². The summed E-state index contributed by atoms with van der Waals surface area (Å²) >= 11 is 0. The first kappa shape index (κ1) is 11.7. The molecule has 2 N–H and O–H groups in total. The lowest BCUT2D eigenvalue weighted by Gasteiger charge is -2.46. The molecule has 0 heterocycles. The highest BCUT2D eigenvalue weighted by Gasteiger charge is 2.50. The van der Waals surface area contributed by atoms with Crippen molar-refractivity contribution in [2.75, 3.05) is 0 Å². The number of rotatable bonds is 2. The normalized spacial score (nSPS) is 30.6. The van der Waals surface area contributed by atoms with Crippen molar-refractivity contribution in [1.82, 2.24) is 0 Å². The molecule has 1 saturated carbocycles. The average molecular weight is 217 g/mol. The SMILES string of the molecule is CC1CCCC1(c1ccccc1)C(C)(C)N. The standard InChI is InChI=1S/C15H23N/c1-12-8-7-11-15(12,14(2,3)16)13-9-5-4-6-10-13/h4-6,9-10,12H,7-8,11,16H2,1-3H3. The molecule has 1 aliphatic carbocycles. The van der Waals surface area contributed by atoms with E-state index in [4.69, 9.17) is 5.73 Å². The third-order valence-corrected chi connectivity index (χ3v) is 4.49. The van der Waals surface area contributed by atoms with Crippen molar-refractivity contribution in [2.24, 2.45) is 11.7 Å². The third kappa shape index (κ3) is 1.58. The highest BCUT2D eigenvalue weighted by atomic mass is 14.8. The van der Waals surface area contributed by atoms with Gasteiger partial charge in [0.1, 0.15) is 0 Å². The zero-order chi connectivity index (χ0) is 11.8. The van der Waals surface area contributed by atoms with Gasteiger partial charge in [0.05, 0.1) is 0 Å². The molecular weight excluding hydrogens is 194 g/mol. The zero-order valence-electron chi connectivity index (χ0n) is 10.7. The second-order valence-corrected chi connectivity index (χ2v) is 5.85. The van der Waals surface area contributed by atoms with Crippen LogP contribution in [-0.2, 0) is 5.41 Å². The molecule has 0 radical (unpaired) electrons. The van der Waals surface area contributed by atoms with E-state index in [1.165, 1.54) is 24.8 Å². The van der Waals surface area contributed by atoms with Crippen molar-refractivity contribution in [3.05, 3.63) is 35.9 Å². The van der Waals surface area contributed by atoms with E-state index in [2.05, 4.69) is 51.1 Å². The van der Waals surface area contributed by atoms with E-state index in [0.717, 1.165) is 0 Å². The van der Waals surface area contributed by atoms with Crippen LogP contribution in [0.2, 0.25) is 0 Å². The first-order chi connectivity index (χ1) is 7.48. The topological polar surface area (TPSA) is 26.0 Å². The maximum Gasteiger partial charge on any atom is 0.0197 e. The molecule has 0 aromatic heterocycles. The fourth-order valence-corrected chi connectivity index (χ4v) is 3.67.